The van der Waals surface area contributed by atoms with Crippen molar-refractivity contribution >= 4 is 27.3 Å². The maximum absolute atomic E-state index is 11.3. The van der Waals surface area contributed by atoms with E-state index < -0.39 is 9.84 Å². The van der Waals surface area contributed by atoms with Crippen molar-refractivity contribution in [1.29, 1.82) is 0 Å². The average molecular weight is 259 g/mol. The van der Waals surface area contributed by atoms with E-state index in [0.717, 1.165) is 5.69 Å². The fourth-order valence-electron chi connectivity index (χ4n) is 1.23. The summed E-state index contributed by atoms with van der Waals surface area (Å²) in [5.74, 6) is 0.395. The molecular formula is C11H17NO2S2. The van der Waals surface area contributed by atoms with E-state index in [1.807, 2.05) is 30.5 Å². The molecule has 0 saturated carbocycles. The summed E-state index contributed by atoms with van der Waals surface area (Å²) in [6.45, 7) is 2.14. The Hall–Kier alpha value is -0.680. The Bertz CT molecular complexity index is 429. The van der Waals surface area contributed by atoms with Crippen LogP contribution in [0.3, 0.4) is 0 Å². The highest BCUT2D eigenvalue weighted by molar-refractivity contribution is 7.98. The summed E-state index contributed by atoms with van der Waals surface area (Å²) in [6.07, 6.45) is 2.01. The molecule has 1 N–H and O–H groups in total. The van der Waals surface area contributed by atoms with Crippen LogP contribution in [0.15, 0.2) is 29.2 Å². The van der Waals surface area contributed by atoms with Gasteiger partial charge in [0.1, 0.15) is 0 Å². The predicted octanol–water partition coefficient (Wildman–Crippen LogP) is 2.26. The topological polar surface area (TPSA) is 46.2 Å². The Morgan fingerprint density at radius 3 is 2.75 bits per heavy atom. The van der Waals surface area contributed by atoms with Gasteiger partial charge >= 0.3 is 0 Å². The lowest BCUT2D eigenvalue weighted by Crippen LogP contribution is -2.17. The Labute approximate surface area is 102 Å². The van der Waals surface area contributed by atoms with E-state index in [1.54, 1.807) is 18.7 Å². The van der Waals surface area contributed by atoms with Crippen molar-refractivity contribution in [2.45, 2.75) is 11.8 Å². The van der Waals surface area contributed by atoms with Gasteiger partial charge in [-0.2, -0.15) is 0 Å². The van der Waals surface area contributed by atoms with Crippen molar-refractivity contribution in [3.8, 4) is 0 Å². The molecule has 0 unspecified atom stereocenters. The van der Waals surface area contributed by atoms with E-state index in [4.69, 9.17) is 0 Å². The number of nitrogens with one attached hydrogen (secondary N) is 1. The first-order valence-electron chi connectivity index (χ1n) is 5.16. The zero-order chi connectivity index (χ0) is 12.0. The first kappa shape index (κ1) is 13.4. The number of rotatable bonds is 6. The molecule has 1 aromatic rings. The molecule has 0 radical (unpaired) electrons. The summed E-state index contributed by atoms with van der Waals surface area (Å²) in [6, 6.07) is 7.95. The molecule has 0 saturated heterocycles. The van der Waals surface area contributed by atoms with Crippen molar-refractivity contribution < 1.29 is 8.42 Å². The number of hydrogen-bond acceptors (Lipinski definition) is 4. The minimum atomic E-state index is -2.87. The molecule has 0 atom stereocenters. The van der Waals surface area contributed by atoms with Crippen LogP contribution in [0.25, 0.3) is 0 Å². The molecule has 3 nitrogen and oxygen atoms in total. The largest absolute Gasteiger partial charge is 0.384 e. The van der Waals surface area contributed by atoms with Gasteiger partial charge in [0.05, 0.1) is 5.75 Å². The van der Waals surface area contributed by atoms with Crippen LogP contribution in [0.1, 0.15) is 6.92 Å². The highest BCUT2D eigenvalue weighted by atomic mass is 32.2. The Morgan fingerprint density at radius 2 is 2.12 bits per heavy atom. The summed E-state index contributed by atoms with van der Waals surface area (Å²) in [5.41, 5.74) is 0.971. The molecule has 16 heavy (non-hydrogen) atoms. The lowest BCUT2D eigenvalue weighted by Gasteiger charge is -2.07. The maximum atomic E-state index is 11.3. The molecule has 5 heteroatoms. The zero-order valence-electron chi connectivity index (χ0n) is 9.56. The van der Waals surface area contributed by atoms with Gasteiger partial charge in [-0.05, 0) is 24.5 Å². The summed E-state index contributed by atoms with van der Waals surface area (Å²) in [5, 5.41) is 3.12. The van der Waals surface area contributed by atoms with Crippen LogP contribution >= 0.6 is 11.8 Å². The number of sulfone groups is 1. The third-order valence-electron chi connectivity index (χ3n) is 2.25. The number of thioether (sulfide) groups is 1. The Kier molecular flexibility index (Phi) is 5.15. The number of anilines is 1. The van der Waals surface area contributed by atoms with Crippen LogP contribution < -0.4 is 5.32 Å². The second-order valence-electron chi connectivity index (χ2n) is 3.40. The van der Waals surface area contributed by atoms with Gasteiger partial charge in [-0.3, -0.25) is 0 Å². The Balaban J connectivity index is 2.49. The van der Waals surface area contributed by atoms with Crippen LogP contribution in [0.2, 0.25) is 0 Å². The van der Waals surface area contributed by atoms with Crippen molar-refractivity contribution in [3.05, 3.63) is 24.3 Å². The molecular weight excluding hydrogens is 242 g/mol. The molecule has 0 heterocycles. The molecule has 90 valence electrons. The van der Waals surface area contributed by atoms with Crippen LogP contribution in [-0.2, 0) is 9.84 Å². The number of hydrogen-bond donors (Lipinski definition) is 1. The van der Waals surface area contributed by atoms with E-state index in [-0.39, 0.29) is 11.5 Å². The van der Waals surface area contributed by atoms with E-state index >= 15 is 0 Å². The van der Waals surface area contributed by atoms with Gasteiger partial charge in [-0.25, -0.2) is 8.42 Å². The van der Waals surface area contributed by atoms with E-state index in [2.05, 4.69) is 5.32 Å². The molecule has 0 fully saturated rings. The normalized spacial score (nSPS) is 11.4. The van der Waals surface area contributed by atoms with Crippen molar-refractivity contribution in [2.24, 2.45) is 0 Å². The highest BCUT2D eigenvalue weighted by Crippen LogP contribution is 2.18. The smallest absolute Gasteiger partial charge is 0.151 e. The first-order valence-corrected chi connectivity index (χ1v) is 8.20. The average Bonchev–Trinajstić information content (AvgIpc) is 2.29. The highest BCUT2D eigenvalue weighted by Gasteiger charge is 2.06. The fraction of sp³-hybridized carbons (Fsp3) is 0.455. The molecule has 0 bridgehead atoms. The predicted molar refractivity (Wildman–Crippen MR) is 71.0 cm³/mol. The second-order valence-corrected chi connectivity index (χ2v) is 6.75. The molecule has 0 amide bonds. The lowest BCUT2D eigenvalue weighted by molar-refractivity contribution is 0.597. The molecule has 0 spiro atoms. The van der Waals surface area contributed by atoms with E-state index in [0.29, 0.717) is 6.54 Å². The molecule has 1 aromatic carbocycles. The molecule has 0 aliphatic carbocycles. The summed E-state index contributed by atoms with van der Waals surface area (Å²) in [4.78, 5) is 1.17. The van der Waals surface area contributed by atoms with Gasteiger partial charge in [-0.15, -0.1) is 11.8 Å². The van der Waals surface area contributed by atoms with Gasteiger partial charge in [0.25, 0.3) is 0 Å². The second kappa shape index (κ2) is 6.15. The molecule has 0 aliphatic rings. The van der Waals surface area contributed by atoms with Gasteiger partial charge < -0.3 is 5.32 Å². The van der Waals surface area contributed by atoms with Crippen LogP contribution in [0.4, 0.5) is 5.69 Å². The molecule has 1 rings (SSSR count). The minimum Gasteiger partial charge on any atom is -0.384 e. The zero-order valence-corrected chi connectivity index (χ0v) is 11.2. The summed E-state index contributed by atoms with van der Waals surface area (Å²) in [7, 11) is -2.87. The standard InChI is InChI=1S/C11H17NO2S2/c1-3-16(13,14)8-7-12-10-5-4-6-11(9-10)15-2/h4-6,9,12H,3,7-8H2,1-2H3. The number of benzene rings is 1. The van der Waals surface area contributed by atoms with E-state index in [9.17, 15) is 8.42 Å². The third-order valence-corrected chi connectivity index (χ3v) is 4.68. The lowest BCUT2D eigenvalue weighted by atomic mass is 10.3. The van der Waals surface area contributed by atoms with E-state index in [1.165, 1.54) is 4.90 Å². The minimum absolute atomic E-state index is 0.187. The quantitative estimate of drug-likeness (QED) is 0.796. The van der Waals surface area contributed by atoms with Gasteiger partial charge in [0.2, 0.25) is 0 Å². The van der Waals surface area contributed by atoms with Crippen molar-refractivity contribution in [3.63, 3.8) is 0 Å². The summed E-state index contributed by atoms with van der Waals surface area (Å²) < 4.78 is 22.5. The molecule has 0 aliphatic heterocycles. The SMILES string of the molecule is CCS(=O)(=O)CCNc1cccc(SC)c1. The molecule has 0 aromatic heterocycles. The third kappa shape index (κ3) is 4.45. The van der Waals surface area contributed by atoms with Gasteiger partial charge in [0, 0.05) is 22.9 Å². The first-order chi connectivity index (χ1) is 7.57. The van der Waals surface area contributed by atoms with Crippen molar-refractivity contribution in [1.82, 2.24) is 0 Å². The van der Waals surface area contributed by atoms with Crippen molar-refractivity contribution in [2.75, 3.05) is 29.6 Å². The Morgan fingerprint density at radius 1 is 1.38 bits per heavy atom. The maximum Gasteiger partial charge on any atom is 0.151 e. The van der Waals surface area contributed by atoms with Crippen LogP contribution in [-0.4, -0.2) is 32.7 Å². The van der Waals surface area contributed by atoms with Crippen LogP contribution in [0.5, 0.6) is 0 Å². The van der Waals surface area contributed by atoms with Crippen LogP contribution in [0, 0.1) is 0 Å². The fourth-order valence-corrected chi connectivity index (χ4v) is 2.39. The monoisotopic (exact) mass is 259 g/mol. The summed E-state index contributed by atoms with van der Waals surface area (Å²) >= 11 is 1.67. The van der Waals surface area contributed by atoms with Gasteiger partial charge in [-0.1, -0.05) is 13.0 Å². The van der Waals surface area contributed by atoms with Gasteiger partial charge in [0.15, 0.2) is 9.84 Å².